The topological polar surface area (TPSA) is 184 Å². The Balaban J connectivity index is 0.738. The lowest BCUT2D eigenvalue weighted by Crippen LogP contribution is -2.54. The molecule has 2 aromatic heterocycles. The van der Waals surface area contributed by atoms with Crippen LogP contribution < -0.4 is 16.0 Å². The van der Waals surface area contributed by atoms with Gasteiger partial charge in [-0.25, -0.2) is 13.8 Å². The molecule has 1 atom stereocenters. The number of ether oxygens (including phenoxy) is 1. The fourth-order valence-electron chi connectivity index (χ4n) is 8.70. The molecule has 4 aliphatic rings. The van der Waals surface area contributed by atoms with Crippen molar-refractivity contribution in [2.45, 2.75) is 50.7 Å². The molecule has 1 unspecified atom stereocenters. The third-order valence-electron chi connectivity index (χ3n) is 12.2. The Hall–Kier alpha value is -6.50. The van der Waals surface area contributed by atoms with Gasteiger partial charge in [-0.15, -0.1) is 0 Å². The highest BCUT2D eigenvalue weighted by atomic mass is 19.1. The van der Waals surface area contributed by atoms with Crippen LogP contribution in [0.25, 0.3) is 33.4 Å². The van der Waals surface area contributed by atoms with Gasteiger partial charge in [0.1, 0.15) is 17.7 Å². The number of carbonyl (C=O) groups is 5. The first-order valence-corrected chi connectivity index (χ1v) is 21.3. The second-order valence-electron chi connectivity index (χ2n) is 16.3. The minimum absolute atomic E-state index is 0.0373. The Morgan fingerprint density at radius 1 is 0.841 bits per heavy atom. The van der Waals surface area contributed by atoms with Crippen molar-refractivity contribution >= 4 is 46.3 Å². The molecule has 0 aliphatic carbocycles. The molecule has 3 N–H and O–H groups in total. The number of imide groups is 2. The minimum Gasteiger partial charge on any atom is -0.385 e. The average molecular weight is 861 g/mol. The monoisotopic (exact) mass is 860 g/mol. The highest BCUT2D eigenvalue weighted by Gasteiger charge is 2.44. The van der Waals surface area contributed by atoms with E-state index in [9.17, 15) is 24.0 Å². The first-order valence-electron chi connectivity index (χ1n) is 21.3. The summed E-state index contributed by atoms with van der Waals surface area (Å²) in [5, 5.41) is 13.0. The zero-order valence-corrected chi connectivity index (χ0v) is 34.4. The lowest BCUT2D eigenvalue weighted by Gasteiger charge is -2.31. The molecule has 326 valence electrons. The molecule has 18 heteroatoms. The van der Waals surface area contributed by atoms with Crippen molar-refractivity contribution in [3.8, 4) is 22.4 Å². The van der Waals surface area contributed by atoms with E-state index in [2.05, 4.69) is 30.9 Å². The molecular weight excluding hydrogens is 815 g/mol. The molecule has 5 aromatic rings. The van der Waals surface area contributed by atoms with Crippen LogP contribution >= 0.6 is 0 Å². The first kappa shape index (κ1) is 41.8. The number of carbonyl (C=O) groups excluding carboxylic acids is 5. The van der Waals surface area contributed by atoms with Crippen LogP contribution in [0.2, 0.25) is 0 Å². The summed E-state index contributed by atoms with van der Waals surface area (Å²) in [6.45, 7) is 5.15. The van der Waals surface area contributed by atoms with Gasteiger partial charge >= 0.3 is 0 Å². The Bertz CT molecular complexity index is 2580. The molecule has 16 nitrogen and oxygen atoms in total. The van der Waals surface area contributed by atoms with Gasteiger partial charge in [0.25, 0.3) is 11.8 Å². The number of benzene rings is 3. The van der Waals surface area contributed by atoms with Gasteiger partial charge in [-0.2, -0.15) is 5.10 Å². The van der Waals surface area contributed by atoms with Crippen molar-refractivity contribution in [1.82, 2.24) is 45.1 Å². The summed E-state index contributed by atoms with van der Waals surface area (Å²) in [6.07, 6.45) is 7.72. The summed E-state index contributed by atoms with van der Waals surface area (Å²) in [6, 6.07) is 12.1. The van der Waals surface area contributed by atoms with Crippen molar-refractivity contribution in [3.63, 3.8) is 0 Å². The number of rotatable bonds is 13. The van der Waals surface area contributed by atoms with Crippen LogP contribution in [-0.4, -0.2) is 129 Å². The van der Waals surface area contributed by atoms with E-state index >= 15 is 8.78 Å². The van der Waals surface area contributed by atoms with Crippen molar-refractivity contribution in [2.75, 3.05) is 64.3 Å². The van der Waals surface area contributed by atoms with Crippen LogP contribution in [0.15, 0.2) is 67.1 Å². The summed E-state index contributed by atoms with van der Waals surface area (Å²) in [5.74, 6) is -3.48. The standard InChI is InChI=1S/C45H46F2N10O6/c46-35-19-27(20-36(47)34(35)25-55-15-17-63-18-16-55)31-3-1-4-37-42(31)52-38(23-50-37)28-22-51-56(24-28)30-9-13-54(14-10-30)26-41(59)49-12-2-11-48-29-5-6-32-33(21-29)45(62)57(44(32)61)39-7-8-40(58)53-43(39)60/h1,3-6,19-24,30,39,48H,2,7-18,25-26H2,(H,49,59)(H,53,58,60). The second-order valence-corrected chi connectivity index (χ2v) is 16.3. The van der Waals surface area contributed by atoms with Gasteiger partial charge in [0, 0.05) is 80.8 Å². The Labute approximate surface area is 361 Å². The van der Waals surface area contributed by atoms with Crippen LogP contribution in [0.5, 0.6) is 0 Å². The molecule has 3 fully saturated rings. The molecule has 63 heavy (non-hydrogen) atoms. The maximum atomic E-state index is 15.4. The SMILES string of the molecule is O=C(CN1CCC(n2cc(-c3cnc4cccc(-c5cc(F)c(CN6CCOCC6)c(F)c5)c4n3)cn2)CC1)NCCCNc1ccc2c(c1)C(=O)N(C1CCC(=O)NC1=O)C2=O. The third kappa shape index (κ3) is 8.91. The maximum absolute atomic E-state index is 15.4. The molecule has 9 rings (SSSR count). The fourth-order valence-corrected chi connectivity index (χ4v) is 8.70. The van der Waals surface area contributed by atoms with Crippen molar-refractivity contribution in [1.29, 1.82) is 0 Å². The van der Waals surface area contributed by atoms with Gasteiger partial charge in [-0.1, -0.05) is 12.1 Å². The number of anilines is 1. The van der Waals surface area contributed by atoms with E-state index in [1.165, 1.54) is 12.1 Å². The number of nitrogens with zero attached hydrogens (tertiary/aromatic N) is 7. The summed E-state index contributed by atoms with van der Waals surface area (Å²) in [5.41, 5.74) is 4.53. The summed E-state index contributed by atoms with van der Waals surface area (Å²) < 4.78 is 38.1. The van der Waals surface area contributed by atoms with Crippen LogP contribution in [0.3, 0.4) is 0 Å². The smallest absolute Gasteiger partial charge is 0.262 e. The lowest BCUT2D eigenvalue weighted by atomic mass is 10.0. The van der Waals surface area contributed by atoms with Crippen LogP contribution in [0, 0.1) is 11.6 Å². The van der Waals surface area contributed by atoms with E-state index < -0.39 is 41.3 Å². The summed E-state index contributed by atoms with van der Waals surface area (Å²) in [7, 11) is 0. The number of morpholine rings is 1. The Kier molecular flexibility index (Phi) is 12.0. The molecule has 0 bridgehead atoms. The van der Waals surface area contributed by atoms with Gasteiger partial charge in [0.15, 0.2) is 0 Å². The van der Waals surface area contributed by atoms with E-state index in [4.69, 9.17) is 9.72 Å². The number of likely N-dealkylation sites (tertiary alicyclic amines) is 1. The summed E-state index contributed by atoms with van der Waals surface area (Å²) in [4.78, 5) is 77.4. The number of halogens is 2. The normalized spacial score (nSPS) is 18.8. The zero-order valence-electron chi connectivity index (χ0n) is 34.4. The van der Waals surface area contributed by atoms with Gasteiger partial charge in [-0.3, -0.25) is 53.7 Å². The predicted octanol–water partition coefficient (Wildman–Crippen LogP) is 3.93. The number of fused-ring (bicyclic) bond motifs is 2. The fraction of sp³-hybridized carbons (Fsp3) is 0.378. The Morgan fingerprint density at radius 2 is 1.62 bits per heavy atom. The minimum atomic E-state index is -1.02. The third-order valence-corrected chi connectivity index (χ3v) is 12.2. The Morgan fingerprint density at radius 3 is 2.40 bits per heavy atom. The number of aromatic nitrogens is 4. The van der Waals surface area contributed by atoms with Gasteiger partial charge in [-0.05, 0) is 67.6 Å². The number of nitrogens with one attached hydrogen (secondary N) is 3. The molecule has 0 saturated carbocycles. The number of para-hydroxylation sites is 1. The molecule has 0 radical (unpaired) electrons. The highest BCUT2D eigenvalue weighted by Crippen LogP contribution is 2.33. The quantitative estimate of drug-likeness (QED) is 0.115. The van der Waals surface area contributed by atoms with E-state index in [1.807, 2.05) is 21.8 Å². The number of piperidine rings is 2. The van der Waals surface area contributed by atoms with Crippen LogP contribution in [0.1, 0.15) is 64.4 Å². The number of hydrogen-bond donors (Lipinski definition) is 3. The lowest BCUT2D eigenvalue weighted by molar-refractivity contribution is -0.136. The predicted molar refractivity (Wildman–Crippen MR) is 226 cm³/mol. The average Bonchev–Trinajstić information content (AvgIpc) is 3.87. The summed E-state index contributed by atoms with van der Waals surface area (Å²) >= 11 is 0. The number of amides is 5. The molecule has 3 saturated heterocycles. The molecule has 0 spiro atoms. The van der Waals surface area contributed by atoms with Crippen LogP contribution in [0.4, 0.5) is 14.5 Å². The van der Waals surface area contributed by atoms with Gasteiger partial charge in [0.05, 0.1) is 66.0 Å². The van der Waals surface area contributed by atoms with E-state index in [1.54, 1.807) is 42.7 Å². The molecule has 4 aliphatic heterocycles. The van der Waals surface area contributed by atoms with Crippen molar-refractivity contribution in [2.24, 2.45) is 0 Å². The number of hydrogen-bond acceptors (Lipinski definition) is 12. The molecule has 3 aromatic carbocycles. The van der Waals surface area contributed by atoms with E-state index in [-0.39, 0.29) is 54.6 Å². The molecular formula is C45H46F2N10O6. The molecule has 5 amide bonds. The maximum Gasteiger partial charge on any atom is 0.262 e. The van der Waals surface area contributed by atoms with Crippen molar-refractivity contribution < 1.29 is 37.5 Å². The second kappa shape index (κ2) is 18.1. The van der Waals surface area contributed by atoms with E-state index in [0.717, 1.165) is 23.3 Å². The van der Waals surface area contributed by atoms with Gasteiger partial charge in [0.2, 0.25) is 17.7 Å². The van der Waals surface area contributed by atoms with Gasteiger partial charge < -0.3 is 15.4 Å². The zero-order chi connectivity index (χ0) is 43.6. The molecule has 6 heterocycles. The highest BCUT2D eigenvalue weighted by molar-refractivity contribution is 6.23. The van der Waals surface area contributed by atoms with Crippen LogP contribution in [-0.2, 0) is 25.7 Å². The van der Waals surface area contributed by atoms with Crippen molar-refractivity contribution in [3.05, 3.63) is 95.4 Å². The largest absolute Gasteiger partial charge is 0.385 e. The first-order chi connectivity index (χ1) is 30.6. The van der Waals surface area contributed by atoms with E-state index in [0.29, 0.717) is 92.4 Å².